The Morgan fingerprint density at radius 1 is 1.00 bits per heavy atom. The molecule has 6 heteroatoms. The topological polar surface area (TPSA) is 56.1 Å². The maximum atomic E-state index is 12.4. The van der Waals surface area contributed by atoms with Gasteiger partial charge in [-0.2, -0.15) is 0 Å². The van der Waals surface area contributed by atoms with E-state index in [4.69, 9.17) is 9.72 Å². The molecule has 1 aromatic heterocycles. The molecule has 170 valence electrons. The lowest BCUT2D eigenvalue weighted by atomic mass is 10.1. The normalized spacial score (nSPS) is 11.0. The minimum atomic E-state index is 0.0520. The maximum Gasteiger partial charge on any atom is 0.220 e. The molecule has 0 aliphatic rings. The monoisotopic (exact) mass is 505 g/mol. The highest BCUT2D eigenvalue weighted by atomic mass is 79.9. The molecular formula is C27H28BrN3O2. The zero-order valence-corrected chi connectivity index (χ0v) is 20.3. The van der Waals surface area contributed by atoms with Crippen LogP contribution in [0.25, 0.3) is 11.0 Å². The van der Waals surface area contributed by atoms with Gasteiger partial charge in [-0.1, -0.05) is 64.0 Å². The van der Waals surface area contributed by atoms with Gasteiger partial charge in [-0.25, -0.2) is 4.98 Å². The molecule has 1 amide bonds. The van der Waals surface area contributed by atoms with E-state index in [2.05, 4.69) is 38.8 Å². The van der Waals surface area contributed by atoms with Crippen LogP contribution in [0.1, 0.15) is 23.4 Å². The lowest BCUT2D eigenvalue weighted by molar-refractivity contribution is -0.121. The van der Waals surface area contributed by atoms with Crippen LogP contribution < -0.4 is 10.1 Å². The van der Waals surface area contributed by atoms with E-state index in [1.165, 1.54) is 5.56 Å². The molecule has 1 N–H and O–H groups in total. The Labute approximate surface area is 202 Å². The fourth-order valence-corrected chi connectivity index (χ4v) is 4.29. The molecular weight excluding hydrogens is 478 g/mol. The average molecular weight is 506 g/mol. The number of hydrogen-bond acceptors (Lipinski definition) is 3. The van der Waals surface area contributed by atoms with Gasteiger partial charge < -0.3 is 14.6 Å². The highest BCUT2D eigenvalue weighted by Crippen LogP contribution is 2.18. The third-order valence-corrected chi connectivity index (χ3v) is 6.36. The summed E-state index contributed by atoms with van der Waals surface area (Å²) in [5.74, 6) is 1.87. The van der Waals surface area contributed by atoms with Gasteiger partial charge in [-0.15, -0.1) is 0 Å². The Morgan fingerprint density at radius 2 is 1.76 bits per heavy atom. The molecule has 3 aromatic carbocycles. The minimum Gasteiger partial charge on any atom is -0.492 e. The maximum absolute atomic E-state index is 12.4. The molecule has 0 bridgehead atoms. The molecule has 0 spiro atoms. The van der Waals surface area contributed by atoms with Crippen molar-refractivity contribution in [1.82, 2.24) is 14.9 Å². The summed E-state index contributed by atoms with van der Waals surface area (Å²) >= 11 is 3.54. The third-order valence-electron chi connectivity index (χ3n) is 5.59. The number of rotatable bonds is 10. The van der Waals surface area contributed by atoms with Gasteiger partial charge in [0.15, 0.2) is 0 Å². The number of halogens is 1. The molecule has 0 aliphatic heterocycles. The zero-order valence-electron chi connectivity index (χ0n) is 18.8. The van der Waals surface area contributed by atoms with Crippen molar-refractivity contribution in [1.29, 1.82) is 0 Å². The van der Waals surface area contributed by atoms with Gasteiger partial charge >= 0.3 is 0 Å². The minimum absolute atomic E-state index is 0.0520. The van der Waals surface area contributed by atoms with E-state index in [1.807, 2.05) is 66.7 Å². The molecule has 4 rings (SSSR count). The molecule has 1 heterocycles. The Balaban J connectivity index is 1.33. The summed E-state index contributed by atoms with van der Waals surface area (Å²) in [7, 11) is 0. The van der Waals surface area contributed by atoms with Crippen molar-refractivity contribution in [2.24, 2.45) is 0 Å². The number of ether oxygens (including phenoxy) is 1. The number of carbonyl (C=O) groups excluding carboxylic acids is 1. The summed E-state index contributed by atoms with van der Waals surface area (Å²) in [6.07, 6.45) is 1.84. The van der Waals surface area contributed by atoms with Gasteiger partial charge in [0.25, 0.3) is 0 Å². The number of fused-ring (bicyclic) bond motifs is 1. The van der Waals surface area contributed by atoms with Gasteiger partial charge in [-0.05, 0) is 49.2 Å². The highest BCUT2D eigenvalue weighted by molar-refractivity contribution is 9.10. The Kier molecular flexibility index (Phi) is 7.79. The quantitative estimate of drug-likeness (QED) is 0.310. The van der Waals surface area contributed by atoms with Crippen molar-refractivity contribution in [2.75, 3.05) is 13.2 Å². The first-order valence-corrected chi connectivity index (χ1v) is 12.0. The highest BCUT2D eigenvalue weighted by Gasteiger charge is 2.11. The fraction of sp³-hybridized carbons (Fsp3) is 0.259. The first-order chi connectivity index (χ1) is 16.1. The summed E-state index contributed by atoms with van der Waals surface area (Å²) < 4.78 is 9.17. The number of benzene rings is 3. The number of aryl methyl sites for hydroxylation is 2. The van der Waals surface area contributed by atoms with E-state index in [9.17, 15) is 4.79 Å². The number of nitrogens with one attached hydrogen (secondary N) is 1. The largest absolute Gasteiger partial charge is 0.492 e. The molecule has 0 saturated carbocycles. The van der Waals surface area contributed by atoms with Gasteiger partial charge in [-0.3, -0.25) is 4.79 Å². The van der Waals surface area contributed by atoms with Gasteiger partial charge in [0.1, 0.15) is 18.2 Å². The molecule has 0 saturated heterocycles. The second-order valence-electron chi connectivity index (χ2n) is 8.02. The fourth-order valence-electron chi connectivity index (χ4n) is 3.81. The number of nitrogens with zero attached hydrogens (tertiary/aromatic N) is 2. The second-order valence-corrected chi connectivity index (χ2v) is 8.88. The molecule has 0 radical (unpaired) electrons. The first kappa shape index (κ1) is 23.1. The molecule has 0 aliphatic carbocycles. The van der Waals surface area contributed by atoms with E-state index in [-0.39, 0.29) is 5.91 Å². The van der Waals surface area contributed by atoms with Crippen LogP contribution in [0.15, 0.2) is 77.3 Å². The smallest absolute Gasteiger partial charge is 0.220 e. The van der Waals surface area contributed by atoms with Crippen LogP contribution in [0, 0.1) is 6.92 Å². The number of para-hydroxylation sites is 2. The lowest BCUT2D eigenvalue weighted by Crippen LogP contribution is -2.27. The summed E-state index contributed by atoms with van der Waals surface area (Å²) in [4.78, 5) is 17.2. The number of amides is 1. The first-order valence-electron chi connectivity index (χ1n) is 11.2. The number of carbonyl (C=O) groups is 1. The van der Waals surface area contributed by atoms with E-state index >= 15 is 0 Å². The van der Waals surface area contributed by atoms with Crippen LogP contribution in [-0.4, -0.2) is 28.6 Å². The van der Waals surface area contributed by atoms with E-state index < -0.39 is 0 Å². The van der Waals surface area contributed by atoms with Crippen molar-refractivity contribution >= 4 is 32.9 Å². The molecule has 33 heavy (non-hydrogen) atoms. The van der Waals surface area contributed by atoms with Crippen LogP contribution in [-0.2, 0) is 24.2 Å². The van der Waals surface area contributed by atoms with E-state index in [0.29, 0.717) is 39.0 Å². The van der Waals surface area contributed by atoms with Crippen LogP contribution in [0.5, 0.6) is 5.75 Å². The number of hydrogen-bond donors (Lipinski definition) is 1. The molecule has 5 nitrogen and oxygen atoms in total. The second kappa shape index (κ2) is 11.1. The lowest BCUT2D eigenvalue weighted by Gasteiger charge is -2.12. The van der Waals surface area contributed by atoms with Crippen LogP contribution >= 0.6 is 15.9 Å². The van der Waals surface area contributed by atoms with Crippen LogP contribution in [0.2, 0.25) is 0 Å². The third kappa shape index (κ3) is 6.23. The van der Waals surface area contributed by atoms with Gasteiger partial charge in [0.2, 0.25) is 5.91 Å². The molecule has 4 aromatic rings. The zero-order chi connectivity index (χ0) is 23.0. The van der Waals surface area contributed by atoms with Crippen LogP contribution in [0.3, 0.4) is 0 Å². The van der Waals surface area contributed by atoms with Crippen molar-refractivity contribution in [2.45, 2.75) is 32.7 Å². The Morgan fingerprint density at radius 3 is 2.58 bits per heavy atom. The predicted molar refractivity (Wildman–Crippen MR) is 136 cm³/mol. The van der Waals surface area contributed by atoms with E-state index in [1.54, 1.807) is 0 Å². The van der Waals surface area contributed by atoms with Crippen molar-refractivity contribution < 1.29 is 9.53 Å². The molecule has 0 atom stereocenters. The summed E-state index contributed by atoms with van der Waals surface area (Å²) in [5, 5.41) is 3.04. The van der Waals surface area contributed by atoms with Crippen LogP contribution in [0.4, 0.5) is 0 Å². The summed E-state index contributed by atoms with van der Waals surface area (Å²) in [6.45, 7) is 3.86. The predicted octanol–water partition coefficient (Wildman–Crippen LogP) is 5.48. The van der Waals surface area contributed by atoms with Gasteiger partial charge in [0, 0.05) is 23.9 Å². The number of aromatic nitrogens is 2. The van der Waals surface area contributed by atoms with Crippen molar-refractivity contribution in [3.05, 3.63) is 94.2 Å². The molecule has 0 unspecified atom stereocenters. The summed E-state index contributed by atoms with van der Waals surface area (Å²) in [6, 6.07) is 24.2. The Bertz CT molecular complexity index is 1220. The Hall–Kier alpha value is -3.12. The molecule has 0 fully saturated rings. The average Bonchev–Trinajstić information content (AvgIpc) is 3.17. The van der Waals surface area contributed by atoms with Gasteiger partial charge in [0.05, 0.1) is 17.6 Å². The van der Waals surface area contributed by atoms with Crippen molar-refractivity contribution in [3.63, 3.8) is 0 Å². The standard InChI is InChI=1S/C27H28BrN3O2/c1-20-10-13-22(14-11-20)33-19-18-31-25-9-5-4-8-24(25)30-26(31)16-17-29-27(32)15-12-21-6-2-3-7-23(21)28/h2-11,13-14H,12,15-19H2,1H3,(H,29,32). The number of imidazole rings is 1. The van der Waals surface area contributed by atoms with E-state index in [0.717, 1.165) is 32.6 Å². The SMILES string of the molecule is Cc1ccc(OCCn2c(CCNC(=O)CCc3ccccc3Br)nc3ccccc32)cc1. The summed E-state index contributed by atoms with van der Waals surface area (Å²) in [5.41, 5.74) is 4.40. The van der Waals surface area contributed by atoms with Crippen molar-refractivity contribution in [3.8, 4) is 5.75 Å².